The second-order valence-corrected chi connectivity index (χ2v) is 12.2. The van der Waals surface area contributed by atoms with Crippen molar-refractivity contribution in [3.05, 3.63) is 87.5 Å². The lowest BCUT2D eigenvalue weighted by Crippen LogP contribution is -2.67. The average Bonchev–Trinajstić information content (AvgIpc) is 3.32. The molecule has 2 aliphatic rings. The van der Waals surface area contributed by atoms with Crippen LogP contribution >= 0.6 is 11.3 Å². The summed E-state index contributed by atoms with van der Waals surface area (Å²) in [7, 11) is 1.28. The first-order chi connectivity index (χ1) is 22.1. The number of thiophene rings is 1. The van der Waals surface area contributed by atoms with E-state index in [0.717, 1.165) is 24.3 Å². The molecule has 8 nitrogen and oxygen atoms in total. The molecule has 1 spiro atoms. The van der Waals surface area contributed by atoms with Crippen molar-refractivity contribution in [1.29, 1.82) is 0 Å². The fraction of sp³-hybridized carbons (Fsp3) is 0.258. The molecule has 0 unspecified atom stereocenters. The van der Waals surface area contributed by atoms with Crippen LogP contribution in [0.5, 0.6) is 5.75 Å². The Bertz CT molecular complexity index is 1930. The second-order valence-electron chi connectivity index (χ2n) is 11.2. The van der Waals surface area contributed by atoms with Crippen molar-refractivity contribution in [2.24, 2.45) is 5.41 Å². The summed E-state index contributed by atoms with van der Waals surface area (Å²) in [4.78, 5) is 41.4. The number of amides is 3. The zero-order chi connectivity index (χ0) is 33.9. The van der Waals surface area contributed by atoms with E-state index in [0.29, 0.717) is 49.8 Å². The number of nitrogens with one attached hydrogen (secondary N) is 2. The Balaban J connectivity index is 1.34. The van der Waals surface area contributed by atoms with Gasteiger partial charge in [-0.2, -0.15) is 26.3 Å². The number of rotatable bonds is 6. The van der Waals surface area contributed by atoms with E-state index in [1.165, 1.54) is 25.3 Å². The van der Waals surface area contributed by atoms with Crippen LogP contribution in [0, 0.1) is 11.2 Å². The van der Waals surface area contributed by atoms with E-state index in [9.17, 15) is 45.1 Å². The summed E-state index contributed by atoms with van der Waals surface area (Å²) in [5.74, 6) is -3.86. The first kappa shape index (κ1) is 32.2. The largest absolute Gasteiger partial charge is 0.496 e. The van der Waals surface area contributed by atoms with Crippen LogP contribution in [-0.2, 0) is 17.1 Å². The van der Waals surface area contributed by atoms with Gasteiger partial charge in [-0.3, -0.25) is 14.4 Å². The Morgan fingerprint density at radius 3 is 2.23 bits per heavy atom. The van der Waals surface area contributed by atoms with Crippen molar-refractivity contribution >= 4 is 50.5 Å². The van der Waals surface area contributed by atoms with Gasteiger partial charge < -0.3 is 25.0 Å². The van der Waals surface area contributed by atoms with E-state index >= 15 is 0 Å². The maximum atomic E-state index is 13.8. The molecule has 3 aromatic carbocycles. The van der Waals surface area contributed by atoms with Crippen LogP contribution in [0.4, 0.5) is 42.1 Å². The maximum absolute atomic E-state index is 13.8. The summed E-state index contributed by atoms with van der Waals surface area (Å²) < 4.78 is 105. The number of ether oxygens (including phenoxy) is 2. The molecule has 16 heteroatoms. The quantitative estimate of drug-likeness (QED) is 0.213. The normalized spacial score (nSPS) is 15.6. The number of nitrogens with zero attached hydrogens (tertiary/aromatic N) is 1. The number of likely N-dealkylation sites (tertiary alicyclic amines) is 1. The lowest BCUT2D eigenvalue weighted by Gasteiger charge is -2.54. The Morgan fingerprint density at radius 1 is 0.894 bits per heavy atom. The summed E-state index contributed by atoms with van der Waals surface area (Å²) in [5, 5.41) is 4.73. The van der Waals surface area contributed by atoms with Gasteiger partial charge in [-0.15, -0.1) is 11.3 Å². The van der Waals surface area contributed by atoms with Crippen molar-refractivity contribution in [3.8, 4) is 5.75 Å². The molecule has 246 valence electrons. The molecule has 0 atom stereocenters. The molecular formula is C31H22F7N3O5S. The smallest absolute Gasteiger partial charge is 0.419 e. The van der Waals surface area contributed by atoms with Gasteiger partial charge in [0.05, 0.1) is 48.1 Å². The van der Waals surface area contributed by atoms with Crippen molar-refractivity contribution in [1.82, 2.24) is 4.90 Å². The van der Waals surface area contributed by atoms with Gasteiger partial charge in [-0.05, 0) is 48.5 Å². The zero-order valence-electron chi connectivity index (χ0n) is 24.1. The monoisotopic (exact) mass is 681 g/mol. The predicted molar refractivity (Wildman–Crippen MR) is 156 cm³/mol. The van der Waals surface area contributed by atoms with E-state index in [1.54, 1.807) is 4.90 Å². The van der Waals surface area contributed by atoms with Gasteiger partial charge in [0, 0.05) is 34.4 Å². The minimum atomic E-state index is -5.08. The molecule has 6 rings (SSSR count). The van der Waals surface area contributed by atoms with Crippen molar-refractivity contribution in [2.75, 3.05) is 44.0 Å². The van der Waals surface area contributed by atoms with Crippen LogP contribution in [0.1, 0.15) is 41.5 Å². The van der Waals surface area contributed by atoms with Crippen LogP contribution < -0.4 is 15.4 Å². The molecular weight excluding hydrogens is 659 g/mol. The molecule has 3 amide bonds. The molecule has 0 bridgehead atoms. The van der Waals surface area contributed by atoms with Gasteiger partial charge in [0.1, 0.15) is 16.4 Å². The number of methoxy groups -OCH3 is 1. The zero-order valence-corrected chi connectivity index (χ0v) is 24.9. The number of hydrogen-bond donors (Lipinski definition) is 2. The van der Waals surface area contributed by atoms with Gasteiger partial charge in [0.2, 0.25) is 0 Å². The lowest BCUT2D eigenvalue weighted by molar-refractivity contribution is -0.176. The fourth-order valence-corrected chi connectivity index (χ4v) is 6.52. The standard InChI is InChI=1S/C31H22F7N3O5S/c1-45-22-7-2-15(28(44)41-11-29(12-41)13-46-14-29)8-19(22)26(42)40-24-18-5-3-16(30(33,34)35)9-23(18)47-25(24)27(43)39-17-4-6-21(32)20(10-17)31(36,37)38/h2-10H,11-14H2,1H3,(H,39,43)(H,40,42). The van der Waals surface area contributed by atoms with Crippen molar-refractivity contribution in [2.45, 2.75) is 12.4 Å². The molecule has 2 N–H and O–H groups in total. The van der Waals surface area contributed by atoms with Crippen LogP contribution in [0.15, 0.2) is 54.6 Å². The first-order valence-electron chi connectivity index (χ1n) is 13.8. The number of fused-ring (bicyclic) bond motifs is 1. The van der Waals surface area contributed by atoms with Gasteiger partial charge >= 0.3 is 12.4 Å². The number of halogens is 7. The topological polar surface area (TPSA) is 97.0 Å². The Labute approximate surface area is 265 Å². The predicted octanol–water partition coefficient (Wildman–Crippen LogP) is 7.06. The molecule has 0 saturated carbocycles. The highest BCUT2D eigenvalue weighted by molar-refractivity contribution is 7.21. The highest BCUT2D eigenvalue weighted by Gasteiger charge is 2.50. The molecule has 47 heavy (non-hydrogen) atoms. The maximum Gasteiger partial charge on any atom is 0.419 e. The minimum Gasteiger partial charge on any atom is -0.496 e. The van der Waals surface area contributed by atoms with Crippen LogP contribution in [0.2, 0.25) is 0 Å². The average molecular weight is 682 g/mol. The third-order valence-electron chi connectivity index (χ3n) is 7.84. The number of hydrogen-bond acceptors (Lipinski definition) is 6. The van der Waals surface area contributed by atoms with Crippen LogP contribution in [-0.4, -0.2) is 56.0 Å². The molecule has 0 radical (unpaired) electrons. The van der Waals surface area contributed by atoms with Gasteiger partial charge in [0.15, 0.2) is 0 Å². The van der Waals surface area contributed by atoms with E-state index in [-0.39, 0.29) is 48.8 Å². The number of benzene rings is 3. The summed E-state index contributed by atoms with van der Waals surface area (Å²) in [6.07, 6.45) is -9.82. The third-order valence-corrected chi connectivity index (χ3v) is 8.99. The Morgan fingerprint density at radius 2 is 1.62 bits per heavy atom. The number of carbonyl (C=O) groups is 3. The molecule has 2 fully saturated rings. The summed E-state index contributed by atoms with van der Waals surface area (Å²) in [6.45, 7) is 2.06. The summed E-state index contributed by atoms with van der Waals surface area (Å²) in [5.41, 5.74) is -3.42. The molecule has 4 aromatic rings. The number of alkyl halides is 6. The van der Waals surface area contributed by atoms with E-state index in [2.05, 4.69) is 10.6 Å². The Hall–Kier alpha value is -4.70. The van der Waals surface area contributed by atoms with Gasteiger partial charge in [-0.1, -0.05) is 6.07 Å². The summed E-state index contributed by atoms with van der Waals surface area (Å²) >= 11 is 0.546. The van der Waals surface area contributed by atoms with Crippen LogP contribution in [0.25, 0.3) is 10.1 Å². The number of anilines is 2. The Kier molecular flexibility index (Phi) is 7.91. The van der Waals surface area contributed by atoms with E-state index < -0.39 is 46.8 Å². The minimum absolute atomic E-state index is 0.0244. The highest BCUT2D eigenvalue weighted by atomic mass is 32.1. The number of carbonyl (C=O) groups excluding carboxylic acids is 3. The van der Waals surface area contributed by atoms with Crippen LogP contribution in [0.3, 0.4) is 0 Å². The third kappa shape index (κ3) is 6.10. The van der Waals surface area contributed by atoms with Gasteiger partial charge in [0.25, 0.3) is 17.7 Å². The second kappa shape index (κ2) is 11.5. The van der Waals surface area contributed by atoms with Gasteiger partial charge in [-0.25, -0.2) is 4.39 Å². The molecule has 3 heterocycles. The highest BCUT2D eigenvalue weighted by Crippen LogP contribution is 2.42. The van der Waals surface area contributed by atoms with Crippen molar-refractivity contribution in [3.63, 3.8) is 0 Å². The molecule has 2 saturated heterocycles. The lowest BCUT2D eigenvalue weighted by atomic mass is 9.78. The molecule has 1 aromatic heterocycles. The summed E-state index contributed by atoms with van der Waals surface area (Å²) in [6, 6.07) is 8.44. The molecule has 2 aliphatic heterocycles. The molecule has 0 aliphatic carbocycles. The fourth-order valence-electron chi connectivity index (χ4n) is 5.43. The SMILES string of the molecule is COc1ccc(C(=O)N2CC3(COC3)C2)cc1C(=O)Nc1c(C(=O)Nc2ccc(F)c(C(F)(F)F)c2)sc2cc(C(F)(F)F)ccc12. The van der Waals surface area contributed by atoms with Crippen molar-refractivity contribution < 1.29 is 54.6 Å². The first-order valence-corrected chi connectivity index (χ1v) is 14.6. The van der Waals surface area contributed by atoms with E-state index in [1.807, 2.05) is 0 Å². The van der Waals surface area contributed by atoms with E-state index in [4.69, 9.17) is 9.47 Å².